The number of ether oxygens (including phenoxy) is 1. The summed E-state index contributed by atoms with van der Waals surface area (Å²) in [7, 11) is -2.07. The number of rotatable bonds is 4. The molecule has 1 heterocycles. The van der Waals surface area contributed by atoms with E-state index >= 15 is 0 Å². The van der Waals surface area contributed by atoms with E-state index in [2.05, 4.69) is 15.9 Å². The van der Waals surface area contributed by atoms with Crippen LogP contribution in [-0.4, -0.2) is 39.5 Å². The fraction of sp³-hybridized carbons (Fsp3) is 0.538. The Hall–Kier alpha value is -0.630. The third kappa shape index (κ3) is 3.16. The van der Waals surface area contributed by atoms with Gasteiger partial charge in [-0.3, -0.25) is 0 Å². The zero-order chi connectivity index (χ0) is 14.8. The van der Waals surface area contributed by atoms with Gasteiger partial charge in [0.2, 0.25) is 10.0 Å². The molecule has 5 nitrogen and oxygen atoms in total. The molecule has 0 aromatic heterocycles. The van der Waals surface area contributed by atoms with Gasteiger partial charge in [-0.05, 0) is 43.5 Å². The number of methoxy groups -OCH3 is 1. The lowest BCUT2D eigenvalue weighted by atomic mass is 10.0. The average molecular weight is 363 g/mol. The standard InChI is InChI=1S/C13H19BrN2O3S/c1-19-12-5-4-11(14)7-13(12)20(17,18)16-6-2-3-10(8-15)9-16/h4-5,7,10H,2-3,6,8-9,15H2,1H3. The van der Waals surface area contributed by atoms with Crippen LogP contribution in [0.15, 0.2) is 27.6 Å². The van der Waals surface area contributed by atoms with E-state index < -0.39 is 10.0 Å². The van der Waals surface area contributed by atoms with Gasteiger partial charge in [0.1, 0.15) is 10.6 Å². The molecule has 1 unspecified atom stereocenters. The zero-order valence-corrected chi connectivity index (χ0v) is 13.8. The predicted molar refractivity (Wildman–Crippen MR) is 81.2 cm³/mol. The molecule has 1 aromatic rings. The molecule has 0 amide bonds. The van der Waals surface area contributed by atoms with E-state index in [4.69, 9.17) is 10.5 Å². The van der Waals surface area contributed by atoms with Crippen LogP contribution < -0.4 is 10.5 Å². The van der Waals surface area contributed by atoms with Gasteiger partial charge in [-0.2, -0.15) is 4.31 Å². The van der Waals surface area contributed by atoms with Crippen LogP contribution in [0.3, 0.4) is 0 Å². The van der Waals surface area contributed by atoms with Crippen LogP contribution in [0.2, 0.25) is 0 Å². The first kappa shape index (κ1) is 15.8. The van der Waals surface area contributed by atoms with Gasteiger partial charge >= 0.3 is 0 Å². The third-order valence-corrected chi connectivity index (χ3v) is 5.94. The number of halogens is 1. The number of hydrogen-bond acceptors (Lipinski definition) is 4. The van der Waals surface area contributed by atoms with Crippen LogP contribution in [0, 0.1) is 5.92 Å². The first-order valence-electron chi connectivity index (χ1n) is 6.52. The van der Waals surface area contributed by atoms with Crippen molar-refractivity contribution < 1.29 is 13.2 Å². The third-order valence-electron chi connectivity index (χ3n) is 3.56. The van der Waals surface area contributed by atoms with Crippen molar-refractivity contribution in [2.24, 2.45) is 11.7 Å². The molecule has 1 aliphatic heterocycles. The van der Waals surface area contributed by atoms with Crippen molar-refractivity contribution >= 4 is 26.0 Å². The van der Waals surface area contributed by atoms with E-state index in [0.29, 0.717) is 29.9 Å². The molecule has 1 aliphatic rings. The van der Waals surface area contributed by atoms with Crippen molar-refractivity contribution in [3.63, 3.8) is 0 Å². The van der Waals surface area contributed by atoms with Gasteiger partial charge in [0.25, 0.3) is 0 Å². The van der Waals surface area contributed by atoms with Crippen molar-refractivity contribution in [3.05, 3.63) is 22.7 Å². The van der Waals surface area contributed by atoms with Crippen molar-refractivity contribution in [2.45, 2.75) is 17.7 Å². The highest BCUT2D eigenvalue weighted by molar-refractivity contribution is 9.10. The molecule has 112 valence electrons. The molecular formula is C13H19BrN2O3S. The van der Waals surface area contributed by atoms with Crippen LogP contribution in [0.4, 0.5) is 0 Å². The van der Waals surface area contributed by atoms with Gasteiger partial charge in [0.05, 0.1) is 7.11 Å². The molecule has 2 N–H and O–H groups in total. The number of nitrogens with two attached hydrogens (primary N) is 1. The van der Waals surface area contributed by atoms with E-state index in [1.807, 2.05) is 0 Å². The number of piperidine rings is 1. The normalized spacial score (nSPS) is 20.9. The van der Waals surface area contributed by atoms with Crippen molar-refractivity contribution in [3.8, 4) is 5.75 Å². The maximum absolute atomic E-state index is 12.8. The van der Waals surface area contributed by atoms with Crippen molar-refractivity contribution in [2.75, 3.05) is 26.7 Å². The minimum absolute atomic E-state index is 0.201. The van der Waals surface area contributed by atoms with Crippen LogP contribution >= 0.6 is 15.9 Å². The summed E-state index contributed by atoms with van der Waals surface area (Å²) in [5.74, 6) is 0.597. The Morgan fingerprint density at radius 2 is 2.25 bits per heavy atom. The summed E-state index contributed by atoms with van der Waals surface area (Å²) in [6.07, 6.45) is 1.83. The molecule has 0 spiro atoms. The summed E-state index contributed by atoms with van der Waals surface area (Å²) in [4.78, 5) is 0.201. The highest BCUT2D eigenvalue weighted by atomic mass is 79.9. The number of nitrogens with zero attached hydrogens (tertiary/aromatic N) is 1. The second-order valence-electron chi connectivity index (χ2n) is 4.90. The minimum atomic E-state index is -3.55. The topological polar surface area (TPSA) is 72.6 Å². The van der Waals surface area contributed by atoms with E-state index in [0.717, 1.165) is 12.8 Å². The Kier molecular flexibility index (Phi) is 5.06. The lowest BCUT2D eigenvalue weighted by Gasteiger charge is -2.31. The summed E-state index contributed by atoms with van der Waals surface area (Å²) in [5.41, 5.74) is 5.67. The number of benzene rings is 1. The van der Waals surface area contributed by atoms with Crippen molar-refractivity contribution in [1.29, 1.82) is 0 Å². The Bertz CT molecular complexity index is 577. The number of sulfonamides is 1. The van der Waals surface area contributed by atoms with Gasteiger partial charge < -0.3 is 10.5 Å². The SMILES string of the molecule is COc1ccc(Br)cc1S(=O)(=O)N1CCCC(CN)C1. The Balaban J connectivity index is 2.37. The largest absolute Gasteiger partial charge is 0.495 e. The van der Waals surface area contributed by atoms with Crippen LogP contribution in [0.5, 0.6) is 5.75 Å². The first-order chi connectivity index (χ1) is 9.48. The molecule has 20 heavy (non-hydrogen) atoms. The first-order valence-corrected chi connectivity index (χ1v) is 8.76. The summed E-state index contributed by atoms with van der Waals surface area (Å²) in [6.45, 7) is 1.53. The van der Waals surface area contributed by atoms with Crippen LogP contribution in [-0.2, 0) is 10.0 Å². The maximum atomic E-state index is 12.8. The summed E-state index contributed by atoms with van der Waals surface area (Å²) in [6, 6.07) is 5.00. The van der Waals surface area contributed by atoms with Gasteiger partial charge in [-0.15, -0.1) is 0 Å². The maximum Gasteiger partial charge on any atom is 0.246 e. The molecule has 1 aromatic carbocycles. The zero-order valence-electron chi connectivity index (χ0n) is 11.4. The van der Waals surface area contributed by atoms with Gasteiger partial charge in [0, 0.05) is 17.6 Å². The molecule has 0 saturated carbocycles. The Labute approximate surface area is 128 Å². The molecule has 2 rings (SSSR count). The Morgan fingerprint density at radius 1 is 1.50 bits per heavy atom. The molecule has 1 fully saturated rings. The predicted octanol–water partition coefficient (Wildman–Crippen LogP) is 1.82. The highest BCUT2D eigenvalue weighted by Gasteiger charge is 2.31. The quantitative estimate of drug-likeness (QED) is 0.886. The van der Waals surface area contributed by atoms with Crippen LogP contribution in [0.1, 0.15) is 12.8 Å². The fourth-order valence-electron chi connectivity index (χ4n) is 2.43. The summed E-state index contributed by atoms with van der Waals surface area (Å²) < 4.78 is 32.9. The van der Waals surface area contributed by atoms with Gasteiger partial charge in [-0.1, -0.05) is 15.9 Å². The van der Waals surface area contributed by atoms with Gasteiger partial charge in [0.15, 0.2) is 0 Å². The summed E-state index contributed by atoms with van der Waals surface area (Å²) >= 11 is 3.31. The van der Waals surface area contributed by atoms with E-state index in [1.54, 1.807) is 18.2 Å². The molecular weight excluding hydrogens is 344 g/mol. The molecule has 0 radical (unpaired) electrons. The van der Waals surface area contributed by atoms with Crippen LogP contribution in [0.25, 0.3) is 0 Å². The van der Waals surface area contributed by atoms with E-state index in [9.17, 15) is 8.42 Å². The lowest BCUT2D eigenvalue weighted by Crippen LogP contribution is -2.42. The smallest absolute Gasteiger partial charge is 0.246 e. The van der Waals surface area contributed by atoms with Gasteiger partial charge in [-0.25, -0.2) is 8.42 Å². The summed E-state index contributed by atoms with van der Waals surface area (Å²) in [5, 5.41) is 0. The fourth-order valence-corrected chi connectivity index (χ4v) is 4.68. The highest BCUT2D eigenvalue weighted by Crippen LogP contribution is 2.31. The molecule has 0 aliphatic carbocycles. The lowest BCUT2D eigenvalue weighted by molar-refractivity contribution is 0.270. The van der Waals surface area contributed by atoms with E-state index in [1.165, 1.54) is 11.4 Å². The monoisotopic (exact) mass is 362 g/mol. The second kappa shape index (κ2) is 6.43. The second-order valence-corrected chi connectivity index (χ2v) is 7.72. The molecule has 0 bridgehead atoms. The van der Waals surface area contributed by atoms with Crippen molar-refractivity contribution in [1.82, 2.24) is 4.31 Å². The number of hydrogen-bond donors (Lipinski definition) is 1. The van der Waals surface area contributed by atoms with E-state index in [-0.39, 0.29) is 10.8 Å². The molecule has 1 saturated heterocycles. The molecule has 7 heteroatoms. The Morgan fingerprint density at radius 3 is 2.90 bits per heavy atom. The minimum Gasteiger partial charge on any atom is -0.495 e. The molecule has 1 atom stereocenters. The average Bonchev–Trinajstić information content (AvgIpc) is 2.47.